The van der Waals surface area contributed by atoms with Gasteiger partial charge in [-0.15, -0.1) is 0 Å². The van der Waals surface area contributed by atoms with Crippen molar-refractivity contribution in [2.45, 2.75) is 32.9 Å². The van der Waals surface area contributed by atoms with Crippen molar-refractivity contribution in [3.8, 4) is 5.75 Å². The van der Waals surface area contributed by atoms with Crippen LogP contribution in [0.2, 0.25) is 0 Å². The van der Waals surface area contributed by atoms with E-state index < -0.39 is 11.5 Å². The van der Waals surface area contributed by atoms with E-state index in [1.165, 1.54) is 12.1 Å². The van der Waals surface area contributed by atoms with Crippen LogP contribution in [-0.4, -0.2) is 34.2 Å². The lowest BCUT2D eigenvalue weighted by Gasteiger charge is -2.22. The molecule has 1 atom stereocenters. The summed E-state index contributed by atoms with van der Waals surface area (Å²) in [4.78, 5) is 39.6. The third-order valence-corrected chi connectivity index (χ3v) is 5.25. The molecule has 8 nitrogen and oxygen atoms in total. The molecule has 1 aliphatic rings. The Morgan fingerprint density at radius 1 is 1.09 bits per heavy atom. The molecule has 2 heterocycles. The van der Waals surface area contributed by atoms with E-state index in [0.29, 0.717) is 18.0 Å². The molecule has 0 unspecified atom stereocenters. The quantitative estimate of drug-likeness (QED) is 0.647. The standard InChI is InChI=1S/C24H24N4O4/c1-3-32-19-10-8-18(9-11-19)25-22(29)15-27-23(30)13-12-20(26-27)24(31)28-16(2)14-17-6-4-5-7-21(17)28/h4-13,16H,3,14-15H2,1-2H3,(H,25,29)/t16-/m1/s1. The Morgan fingerprint density at radius 3 is 2.59 bits per heavy atom. The van der Waals surface area contributed by atoms with E-state index in [0.717, 1.165) is 22.4 Å². The van der Waals surface area contributed by atoms with E-state index >= 15 is 0 Å². The zero-order chi connectivity index (χ0) is 22.7. The third-order valence-electron chi connectivity index (χ3n) is 5.25. The van der Waals surface area contributed by atoms with E-state index in [1.807, 2.05) is 38.1 Å². The molecule has 1 aliphatic heterocycles. The average Bonchev–Trinajstić information content (AvgIpc) is 3.12. The average molecular weight is 432 g/mol. The summed E-state index contributed by atoms with van der Waals surface area (Å²) in [6.07, 6.45) is 0.756. The maximum Gasteiger partial charge on any atom is 0.278 e. The van der Waals surface area contributed by atoms with Gasteiger partial charge >= 0.3 is 0 Å². The van der Waals surface area contributed by atoms with Crippen molar-refractivity contribution < 1.29 is 14.3 Å². The number of para-hydroxylation sites is 1. The third kappa shape index (κ3) is 4.39. The van der Waals surface area contributed by atoms with Gasteiger partial charge in [0.1, 0.15) is 18.0 Å². The highest BCUT2D eigenvalue weighted by molar-refractivity contribution is 6.06. The highest BCUT2D eigenvalue weighted by Gasteiger charge is 2.32. The van der Waals surface area contributed by atoms with Crippen LogP contribution < -0.4 is 20.5 Å². The smallest absolute Gasteiger partial charge is 0.278 e. The van der Waals surface area contributed by atoms with Crippen LogP contribution in [0.4, 0.5) is 11.4 Å². The minimum Gasteiger partial charge on any atom is -0.494 e. The van der Waals surface area contributed by atoms with E-state index in [-0.39, 0.29) is 24.2 Å². The summed E-state index contributed by atoms with van der Waals surface area (Å²) in [6.45, 7) is 4.11. The molecular formula is C24H24N4O4. The summed E-state index contributed by atoms with van der Waals surface area (Å²) in [5.74, 6) is -0.0244. The Morgan fingerprint density at radius 2 is 1.84 bits per heavy atom. The summed E-state index contributed by atoms with van der Waals surface area (Å²) < 4.78 is 6.38. The maximum absolute atomic E-state index is 13.2. The van der Waals surface area contributed by atoms with E-state index in [4.69, 9.17) is 4.74 Å². The fourth-order valence-electron chi connectivity index (χ4n) is 3.81. The summed E-state index contributed by atoms with van der Waals surface area (Å²) in [5.41, 5.74) is 2.16. The summed E-state index contributed by atoms with van der Waals surface area (Å²) in [7, 11) is 0. The summed E-state index contributed by atoms with van der Waals surface area (Å²) in [5, 5.41) is 6.90. The number of carbonyl (C=O) groups excluding carboxylic acids is 2. The van der Waals surface area contributed by atoms with Gasteiger partial charge < -0.3 is 15.0 Å². The van der Waals surface area contributed by atoms with E-state index in [9.17, 15) is 14.4 Å². The lowest BCUT2D eigenvalue weighted by molar-refractivity contribution is -0.117. The van der Waals surface area contributed by atoms with Gasteiger partial charge in [-0.2, -0.15) is 5.10 Å². The molecular weight excluding hydrogens is 408 g/mol. The first-order valence-electron chi connectivity index (χ1n) is 10.5. The van der Waals surface area contributed by atoms with Gasteiger partial charge in [0.2, 0.25) is 5.91 Å². The second-order valence-electron chi connectivity index (χ2n) is 7.58. The van der Waals surface area contributed by atoms with Crippen molar-refractivity contribution in [3.05, 3.63) is 82.3 Å². The number of nitrogens with zero attached hydrogens (tertiary/aromatic N) is 3. The number of ether oxygens (including phenoxy) is 1. The van der Waals surface area contributed by atoms with Crippen molar-refractivity contribution >= 4 is 23.2 Å². The minimum absolute atomic E-state index is 0.0231. The number of rotatable bonds is 6. The fourth-order valence-corrected chi connectivity index (χ4v) is 3.81. The lowest BCUT2D eigenvalue weighted by Crippen LogP contribution is -2.38. The van der Waals surface area contributed by atoms with Gasteiger partial charge in [0.15, 0.2) is 0 Å². The first-order valence-corrected chi connectivity index (χ1v) is 10.5. The molecule has 8 heteroatoms. The van der Waals surface area contributed by atoms with Gasteiger partial charge in [-0.3, -0.25) is 14.4 Å². The molecule has 2 aromatic carbocycles. The van der Waals surface area contributed by atoms with Crippen LogP contribution in [-0.2, 0) is 17.8 Å². The Balaban J connectivity index is 1.50. The Hall–Kier alpha value is -3.94. The summed E-state index contributed by atoms with van der Waals surface area (Å²) in [6, 6.07) is 17.3. The fraction of sp³-hybridized carbons (Fsp3) is 0.250. The molecule has 0 fully saturated rings. The van der Waals surface area contributed by atoms with Gasteiger partial charge in [0.25, 0.3) is 11.5 Å². The van der Waals surface area contributed by atoms with Crippen molar-refractivity contribution in [2.75, 3.05) is 16.8 Å². The van der Waals surface area contributed by atoms with E-state index in [2.05, 4.69) is 10.4 Å². The molecule has 0 saturated heterocycles. The van der Waals surface area contributed by atoms with Crippen LogP contribution >= 0.6 is 0 Å². The van der Waals surface area contributed by atoms with Crippen LogP contribution in [0.15, 0.2) is 65.5 Å². The van der Waals surface area contributed by atoms with Crippen molar-refractivity contribution in [3.63, 3.8) is 0 Å². The molecule has 1 N–H and O–H groups in total. The van der Waals surface area contributed by atoms with E-state index in [1.54, 1.807) is 29.2 Å². The normalized spacial score (nSPS) is 14.7. The molecule has 0 spiro atoms. The van der Waals surface area contributed by atoms with Crippen molar-refractivity contribution in [1.82, 2.24) is 9.78 Å². The largest absolute Gasteiger partial charge is 0.494 e. The SMILES string of the molecule is CCOc1ccc(NC(=O)Cn2nc(C(=O)N3c4ccccc4C[C@H]3C)ccc2=O)cc1. The number of anilines is 2. The number of carbonyl (C=O) groups is 2. The number of amides is 2. The minimum atomic E-state index is -0.460. The zero-order valence-corrected chi connectivity index (χ0v) is 17.9. The molecule has 0 radical (unpaired) electrons. The number of nitrogens with one attached hydrogen (secondary N) is 1. The lowest BCUT2D eigenvalue weighted by atomic mass is 10.1. The number of hydrogen-bond donors (Lipinski definition) is 1. The monoisotopic (exact) mass is 432 g/mol. The molecule has 32 heavy (non-hydrogen) atoms. The summed E-state index contributed by atoms with van der Waals surface area (Å²) >= 11 is 0. The highest BCUT2D eigenvalue weighted by Crippen LogP contribution is 2.32. The maximum atomic E-state index is 13.2. The topological polar surface area (TPSA) is 93.5 Å². The van der Waals surface area contributed by atoms with Crippen molar-refractivity contribution in [1.29, 1.82) is 0 Å². The Bertz CT molecular complexity index is 1200. The van der Waals surface area contributed by atoms with Gasteiger partial charge in [-0.1, -0.05) is 18.2 Å². The number of benzene rings is 2. The second kappa shape index (κ2) is 9.05. The van der Waals surface area contributed by atoms with Crippen LogP contribution in [0.3, 0.4) is 0 Å². The molecule has 0 bridgehead atoms. The molecule has 2 amide bonds. The Kier molecular flexibility index (Phi) is 6.02. The Labute approximate surface area is 185 Å². The van der Waals surface area contributed by atoms with Gasteiger partial charge in [-0.25, -0.2) is 4.68 Å². The number of hydrogen-bond acceptors (Lipinski definition) is 5. The number of aromatic nitrogens is 2. The first kappa shape index (κ1) is 21.3. The van der Waals surface area contributed by atoms with Crippen LogP contribution in [0.1, 0.15) is 29.9 Å². The van der Waals surface area contributed by atoms with Gasteiger partial charge in [0, 0.05) is 23.5 Å². The zero-order valence-electron chi connectivity index (χ0n) is 17.9. The molecule has 164 valence electrons. The molecule has 0 aliphatic carbocycles. The molecule has 0 saturated carbocycles. The predicted octanol–water partition coefficient (Wildman–Crippen LogP) is 2.87. The van der Waals surface area contributed by atoms with Gasteiger partial charge in [0.05, 0.1) is 6.61 Å². The van der Waals surface area contributed by atoms with Crippen LogP contribution in [0.5, 0.6) is 5.75 Å². The number of fused-ring (bicyclic) bond motifs is 1. The molecule has 4 rings (SSSR count). The van der Waals surface area contributed by atoms with Gasteiger partial charge in [-0.05, 0) is 62.2 Å². The van der Waals surface area contributed by atoms with Crippen molar-refractivity contribution in [2.24, 2.45) is 0 Å². The van der Waals surface area contributed by atoms with Crippen LogP contribution in [0, 0.1) is 0 Å². The second-order valence-corrected chi connectivity index (χ2v) is 7.58. The first-order chi connectivity index (χ1) is 15.5. The molecule has 1 aromatic heterocycles. The molecule has 3 aromatic rings. The predicted molar refractivity (Wildman–Crippen MR) is 121 cm³/mol. The highest BCUT2D eigenvalue weighted by atomic mass is 16.5. The van der Waals surface area contributed by atoms with Crippen LogP contribution in [0.25, 0.3) is 0 Å².